The van der Waals surface area contributed by atoms with Gasteiger partial charge in [0.15, 0.2) is 5.82 Å². The topological polar surface area (TPSA) is 68.2 Å². The van der Waals surface area contributed by atoms with E-state index in [2.05, 4.69) is 28.9 Å². The van der Waals surface area contributed by atoms with E-state index in [4.69, 9.17) is 10.3 Å². The van der Waals surface area contributed by atoms with Crippen LogP contribution in [0.2, 0.25) is 0 Å². The lowest BCUT2D eigenvalue weighted by Gasteiger charge is -2.38. The third-order valence-corrected chi connectivity index (χ3v) is 3.64. The molecular weight excluding hydrogens is 228 g/mol. The molecule has 1 aliphatic rings. The number of hydrogen-bond donors (Lipinski definition) is 1. The van der Waals surface area contributed by atoms with Crippen LogP contribution in [0.5, 0.6) is 0 Å². The van der Waals surface area contributed by atoms with Gasteiger partial charge in [-0.2, -0.15) is 4.98 Å². The van der Waals surface area contributed by atoms with Gasteiger partial charge in [0.2, 0.25) is 5.89 Å². The van der Waals surface area contributed by atoms with Gasteiger partial charge in [0.1, 0.15) is 0 Å². The molecule has 0 saturated carbocycles. The fraction of sp³-hybridized carbons (Fsp3) is 0.846. The highest BCUT2D eigenvalue weighted by molar-refractivity contribution is 4.94. The van der Waals surface area contributed by atoms with Crippen molar-refractivity contribution >= 4 is 0 Å². The van der Waals surface area contributed by atoms with Gasteiger partial charge in [0, 0.05) is 18.5 Å². The maximum Gasteiger partial charge on any atom is 0.228 e. The van der Waals surface area contributed by atoms with Crippen molar-refractivity contribution in [3.05, 3.63) is 11.7 Å². The molecule has 102 valence electrons. The molecule has 0 bridgehead atoms. The molecule has 2 rings (SSSR count). The molecule has 2 atom stereocenters. The van der Waals surface area contributed by atoms with Crippen LogP contribution in [0.4, 0.5) is 0 Å². The summed E-state index contributed by atoms with van der Waals surface area (Å²) in [6.07, 6.45) is 4.65. The number of nitrogens with two attached hydrogens (primary N) is 1. The summed E-state index contributed by atoms with van der Waals surface area (Å²) in [6.45, 7) is 7.55. The molecule has 2 N–H and O–H groups in total. The Labute approximate surface area is 109 Å². The lowest BCUT2D eigenvalue weighted by Crippen LogP contribution is -2.45. The maximum absolute atomic E-state index is 5.74. The van der Waals surface area contributed by atoms with E-state index in [1.54, 1.807) is 0 Å². The Hall–Kier alpha value is -0.940. The molecule has 0 radical (unpaired) electrons. The number of rotatable bonds is 4. The van der Waals surface area contributed by atoms with Crippen LogP contribution in [0.1, 0.15) is 57.8 Å². The standard InChI is InChI=1S/C13H24N4O/c1-9(2)17-7-5-4-6-11(17)8-12-15-13(10(3)14)16-18-12/h9-11H,4-8,14H2,1-3H3. The minimum atomic E-state index is -0.157. The smallest absolute Gasteiger partial charge is 0.228 e. The van der Waals surface area contributed by atoms with E-state index in [0.29, 0.717) is 17.9 Å². The minimum Gasteiger partial charge on any atom is -0.339 e. The molecule has 1 aromatic heterocycles. The monoisotopic (exact) mass is 252 g/mol. The number of likely N-dealkylation sites (tertiary alicyclic amines) is 1. The molecule has 0 spiro atoms. The molecule has 2 unspecified atom stereocenters. The quantitative estimate of drug-likeness (QED) is 0.886. The molecule has 5 nitrogen and oxygen atoms in total. The Bertz CT molecular complexity index is 375. The van der Waals surface area contributed by atoms with Gasteiger partial charge < -0.3 is 10.3 Å². The minimum absolute atomic E-state index is 0.157. The molecule has 2 heterocycles. The summed E-state index contributed by atoms with van der Waals surface area (Å²) < 4.78 is 5.29. The van der Waals surface area contributed by atoms with Gasteiger partial charge in [-0.25, -0.2) is 0 Å². The third kappa shape index (κ3) is 3.09. The third-order valence-electron chi connectivity index (χ3n) is 3.64. The molecule has 18 heavy (non-hydrogen) atoms. The van der Waals surface area contributed by atoms with Crippen LogP contribution in [0.15, 0.2) is 4.52 Å². The van der Waals surface area contributed by atoms with Crippen LogP contribution >= 0.6 is 0 Å². The Balaban J connectivity index is 2.01. The first-order chi connectivity index (χ1) is 8.58. The second kappa shape index (κ2) is 5.80. The summed E-state index contributed by atoms with van der Waals surface area (Å²) in [5.41, 5.74) is 5.74. The average Bonchev–Trinajstić information content (AvgIpc) is 2.78. The van der Waals surface area contributed by atoms with Crippen molar-refractivity contribution in [2.75, 3.05) is 6.54 Å². The number of piperidine rings is 1. The molecule has 1 saturated heterocycles. The molecule has 1 aromatic rings. The van der Waals surface area contributed by atoms with E-state index in [1.807, 2.05) is 6.92 Å². The molecule has 0 amide bonds. The highest BCUT2D eigenvalue weighted by atomic mass is 16.5. The van der Waals surface area contributed by atoms with Gasteiger partial charge in [-0.05, 0) is 40.2 Å². The van der Waals surface area contributed by atoms with Crippen molar-refractivity contribution < 1.29 is 4.52 Å². The first kappa shape index (κ1) is 13.5. The second-order valence-corrected chi connectivity index (χ2v) is 5.52. The Morgan fingerprint density at radius 3 is 2.78 bits per heavy atom. The van der Waals surface area contributed by atoms with E-state index in [1.165, 1.54) is 25.8 Å². The van der Waals surface area contributed by atoms with Crippen molar-refractivity contribution in [2.45, 2.75) is 64.6 Å². The summed E-state index contributed by atoms with van der Waals surface area (Å²) in [5.74, 6) is 1.33. The zero-order valence-electron chi connectivity index (χ0n) is 11.6. The second-order valence-electron chi connectivity index (χ2n) is 5.52. The van der Waals surface area contributed by atoms with Crippen LogP contribution in [0, 0.1) is 0 Å². The van der Waals surface area contributed by atoms with Crippen LogP contribution in [-0.4, -0.2) is 33.7 Å². The van der Waals surface area contributed by atoms with Crippen LogP contribution in [0.3, 0.4) is 0 Å². The van der Waals surface area contributed by atoms with E-state index in [9.17, 15) is 0 Å². The fourth-order valence-corrected chi connectivity index (χ4v) is 2.66. The highest BCUT2D eigenvalue weighted by Gasteiger charge is 2.26. The Kier molecular flexibility index (Phi) is 4.35. The summed E-state index contributed by atoms with van der Waals surface area (Å²) in [6, 6.07) is 0.946. The SMILES string of the molecule is CC(N)c1noc(CC2CCCCN2C(C)C)n1. The van der Waals surface area contributed by atoms with Gasteiger partial charge in [0.25, 0.3) is 0 Å². The van der Waals surface area contributed by atoms with Gasteiger partial charge in [-0.3, -0.25) is 4.90 Å². The van der Waals surface area contributed by atoms with Crippen molar-refractivity contribution in [3.8, 4) is 0 Å². The normalized spacial score (nSPS) is 23.5. The molecule has 1 aliphatic heterocycles. The molecule has 1 fully saturated rings. The van der Waals surface area contributed by atoms with Crippen molar-refractivity contribution in [1.82, 2.24) is 15.0 Å². The van der Waals surface area contributed by atoms with E-state index < -0.39 is 0 Å². The number of hydrogen-bond acceptors (Lipinski definition) is 5. The van der Waals surface area contributed by atoms with Crippen LogP contribution < -0.4 is 5.73 Å². The lowest BCUT2D eigenvalue weighted by atomic mass is 9.98. The van der Waals surface area contributed by atoms with Crippen molar-refractivity contribution in [3.63, 3.8) is 0 Å². The molecule has 0 aromatic carbocycles. The van der Waals surface area contributed by atoms with Gasteiger partial charge >= 0.3 is 0 Å². The first-order valence-corrected chi connectivity index (χ1v) is 6.91. The Morgan fingerprint density at radius 2 is 2.17 bits per heavy atom. The lowest BCUT2D eigenvalue weighted by molar-refractivity contribution is 0.105. The van der Waals surface area contributed by atoms with Crippen molar-refractivity contribution in [1.29, 1.82) is 0 Å². The number of nitrogens with zero attached hydrogens (tertiary/aromatic N) is 3. The highest BCUT2D eigenvalue weighted by Crippen LogP contribution is 2.22. The zero-order chi connectivity index (χ0) is 13.1. The maximum atomic E-state index is 5.74. The summed E-state index contributed by atoms with van der Waals surface area (Å²) >= 11 is 0. The summed E-state index contributed by atoms with van der Waals surface area (Å²) in [4.78, 5) is 6.91. The van der Waals surface area contributed by atoms with Gasteiger partial charge in [-0.15, -0.1) is 0 Å². The largest absolute Gasteiger partial charge is 0.339 e. The molecule has 5 heteroatoms. The average molecular weight is 252 g/mol. The Morgan fingerprint density at radius 1 is 1.39 bits per heavy atom. The zero-order valence-corrected chi connectivity index (χ0v) is 11.6. The van der Waals surface area contributed by atoms with Gasteiger partial charge in [0.05, 0.1) is 6.04 Å². The number of aromatic nitrogens is 2. The van der Waals surface area contributed by atoms with E-state index in [0.717, 1.165) is 12.3 Å². The first-order valence-electron chi connectivity index (χ1n) is 6.91. The molecule has 0 aliphatic carbocycles. The van der Waals surface area contributed by atoms with Gasteiger partial charge in [-0.1, -0.05) is 11.6 Å². The summed E-state index contributed by atoms with van der Waals surface area (Å²) in [7, 11) is 0. The van der Waals surface area contributed by atoms with Crippen LogP contribution in [0.25, 0.3) is 0 Å². The van der Waals surface area contributed by atoms with Crippen molar-refractivity contribution in [2.24, 2.45) is 5.73 Å². The predicted molar refractivity (Wildman–Crippen MR) is 70.1 cm³/mol. The summed E-state index contributed by atoms with van der Waals surface area (Å²) in [5, 5.41) is 3.92. The van der Waals surface area contributed by atoms with Crippen LogP contribution in [-0.2, 0) is 6.42 Å². The fourth-order valence-electron chi connectivity index (χ4n) is 2.66. The van der Waals surface area contributed by atoms with E-state index >= 15 is 0 Å². The predicted octanol–water partition coefficient (Wildman–Crippen LogP) is 1.89. The molecular formula is C13H24N4O. The van der Waals surface area contributed by atoms with E-state index in [-0.39, 0.29) is 6.04 Å².